The van der Waals surface area contributed by atoms with Crippen LogP contribution in [0.5, 0.6) is 6.01 Å². The molecule has 1 aromatic heterocycles. The third-order valence-electron chi connectivity index (χ3n) is 3.98. The predicted octanol–water partition coefficient (Wildman–Crippen LogP) is 1.56. The second-order valence-corrected chi connectivity index (χ2v) is 6.78. The second-order valence-electron chi connectivity index (χ2n) is 5.86. The molecule has 1 N–H and O–H groups in total. The number of halogens is 1. The van der Waals surface area contributed by atoms with Gasteiger partial charge in [-0.25, -0.2) is 0 Å². The summed E-state index contributed by atoms with van der Waals surface area (Å²) in [6.45, 7) is 2.62. The summed E-state index contributed by atoms with van der Waals surface area (Å²) in [6.07, 6.45) is 1.35. The van der Waals surface area contributed by atoms with E-state index in [9.17, 15) is 14.9 Å². The largest absolute Gasteiger partial charge is 0.444 e. The van der Waals surface area contributed by atoms with Gasteiger partial charge >= 0.3 is 11.8 Å². The maximum atomic E-state index is 12.2. The van der Waals surface area contributed by atoms with Crippen LogP contribution in [0.25, 0.3) is 0 Å². The Balaban J connectivity index is 1.51. The van der Waals surface area contributed by atoms with Gasteiger partial charge < -0.3 is 20.2 Å². The van der Waals surface area contributed by atoms with E-state index in [-0.39, 0.29) is 24.3 Å². The van der Waals surface area contributed by atoms with Gasteiger partial charge in [-0.2, -0.15) is 0 Å². The molecule has 0 bridgehead atoms. The number of aromatic nitrogens is 2. The van der Waals surface area contributed by atoms with E-state index in [2.05, 4.69) is 26.2 Å². The number of nitrogens with zero attached hydrogens (tertiary/aromatic N) is 4. The van der Waals surface area contributed by atoms with Crippen LogP contribution < -0.4 is 10.1 Å². The summed E-state index contributed by atoms with van der Waals surface area (Å²) < 4.78 is 8.08. The zero-order valence-corrected chi connectivity index (χ0v) is 15.5. The van der Waals surface area contributed by atoms with E-state index in [0.29, 0.717) is 32.8 Å². The number of hydrogen-bond acceptors (Lipinski definition) is 6. The van der Waals surface area contributed by atoms with Crippen molar-refractivity contribution in [3.8, 4) is 6.01 Å². The van der Waals surface area contributed by atoms with E-state index < -0.39 is 4.92 Å². The first-order chi connectivity index (χ1) is 12.5. The molecule has 0 spiro atoms. The maximum Gasteiger partial charge on any atom is 0.414 e. The van der Waals surface area contributed by atoms with Crippen LogP contribution in [0.4, 0.5) is 5.82 Å². The van der Waals surface area contributed by atoms with Crippen LogP contribution in [0.1, 0.15) is 5.56 Å². The van der Waals surface area contributed by atoms with Gasteiger partial charge in [0.05, 0.1) is 6.54 Å². The molecule has 1 aliphatic rings. The Morgan fingerprint density at radius 3 is 2.81 bits per heavy atom. The fraction of sp³-hybridized carbons (Fsp3) is 0.375. The van der Waals surface area contributed by atoms with Crippen LogP contribution >= 0.6 is 15.9 Å². The molecule has 0 atom stereocenters. The van der Waals surface area contributed by atoms with E-state index in [1.807, 2.05) is 29.2 Å². The highest BCUT2D eigenvalue weighted by Gasteiger charge is 2.23. The quantitative estimate of drug-likeness (QED) is 0.578. The zero-order valence-electron chi connectivity index (χ0n) is 13.9. The topological polar surface area (TPSA) is 103 Å². The maximum absolute atomic E-state index is 12.2. The van der Waals surface area contributed by atoms with Crippen molar-refractivity contribution in [2.24, 2.45) is 0 Å². The monoisotopic (exact) mass is 423 g/mol. The summed E-state index contributed by atoms with van der Waals surface area (Å²) in [6, 6.07) is 8.00. The molecule has 0 fully saturated rings. The number of amides is 1. The lowest BCUT2D eigenvalue weighted by atomic mass is 10.2. The van der Waals surface area contributed by atoms with Crippen molar-refractivity contribution in [3.05, 3.63) is 50.6 Å². The Bertz CT molecular complexity index is 792. The van der Waals surface area contributed by atoms with E-state index in [1.165, 1.54) is 6.20 Å². The van der Waals surface area contributed by atoms with Crippen LogP contribution in [0.3, 0.4) is 0 Å². The lowest BCUT2D eigenvalue weighted by molar-refractivity contribution is -0.389. The van der Waals surface area contributed by atoms with Gasteiger partial charge in [0.2, 0.25) is 5.91 Å². The summed E-state index contributed by atoms with van der Waals surface area (Å²) >= 11 is 3.38. The summed E-state index contributed by atoms with van der Waals surface area (Å²) in [5.41, 5.74) is 1.02. The number of rotatable bonds is 5. The van der Waals surface area contributed by atoms with Crippen LogP contribution in [0.2, 0.25) is 0 Å². The smallest absolute Gasteiger partial charge is 0.414 e. The average Bonchev–Trinajstić information content (AvgIpc) is 2.99. The highest BCUT2D eigenvalue weighted by Crippen LogP contribution is 2.18. The first-order valence-corrected chi connectivity index (χ1v) is 8.88. The first kappa shape index (κ1) is 18.3. The summed E-state index contributed by atoms with van der Waals surface area (Å²) in [5, 5.41) is 13.7. The van der Waals surface area contributed by atoms with Crippen molar-refractivity contribution < 1.29 is 14.5 Å². The van der Waals surface area contributed by atoms with Crippen LogP contribution in [-0.4, -0.2) is 51.5 Å². The Morgan fingerprint density at radius 1 is 1.31 bits per heavy atom. The molecule has 0 saturated carbocycles. The second kappa shape index (κ2) is 8.28. The van der Waals surface area contributed by atoms with Gasteiger partial charge in [0, 0.05) is 35.6 Å². The highest BCUT2D eigenvalue weighted by molar-refractivity contribution is 9.10. The lowest BCUT2D eigenvalue weighted by Crippen LogP contribution is -2.41. The van der Waals surface area contributed by atoms with E-state index in [4.69, 9.17) is 4.74 Å². The Kier molecular flexibility index (Phi) is 5.84. The van der Waals surface area contributed by atoms with Gasteiger partial charge in [0.25, 0.3) is 0 Å². The Hall–Kier alpha value is -2.46. The molecule has 3 rings (SSSR count). The molecule has 0 aliphatic carbocycles. The fourth-order valence-corrected chi connectivity index (χ4v) is 2.86. The third kappa shape index (κ3) is 4.79. The number of carbonyl (C=O) groups is 1. The molecule has 9 nitrogen and oxygen atoms in total. The molecule has 10 heteroatoms. The van der Waals surface area contributed by atoms with Crippen LogP contribution in [-0.2, 0) is 17.9 Å². The van der Waals surface area contributed by atoms with E-state index >= 15 is 0 Å². The molecule has 1 amide bonds. The van der Waals surface area contributed by atoms with Crippen LogP contribution in [0.15, 0.2) is 34.9 Å². The Labute approximate surface area is 158 Å². The first-order valence-electron chi connectivity index (χ1n) is 8.09. The average molecular weight is 424 g/mol. The van der Waals surface area contributed by atoms with Gasteiger partial charge in [-0.05, 0) is 22.6 Å². The summed E-state index contributed by atoms with van der Waals surface area (Å²) in [4.78, 5) is 28.2. The number of nitrogens with one attached hydrogen (secondary N) is 1. The van der Waals surface area contributed by atoms with Crippen molar-refractivity contribution in [1.29, 1.82) is 0 Å². The number of imidazole rings is 1. The number of hydrogen-bond donors (Lipinski definition) is 1. The minimum Gasteiger partial charge on any atom is -0.444 e. The number of carbonyl (C=O) groups excluding carboxylic acids is 1. The molecule has 0 radical (unpaired) electrons. The normalized spacial score (nSPS) is 14.7. The molecule has 138 valence electrons. The van der Waals surface area contributed by atoms with Gasteiger partial charge in [-0.15, -0.1) is 0 Å². The highest BCUT2D eigenvalue weighted by atomic mass is 79.9. The molecule has 2 aromatic rings. The predicted molar refractivity (Wildman–Crippen MR) is 96.8 cm³/mol. The third-order valence-corrected chi connectivity index (χ3v) is 4.51. The summed E-state index contributed by atoms with van der Waals surface area (Å²) in [5.74, 6) is -0.314. The Morgan fingerprint density at radius 2 is 2.08 bits per heavy atom. The summed E-state index contributed by atoms with van der Waals surface area (Å²) in [7, 11) is 0. The molecule has 1 aromatic carbocycles. The minimum absolute atomic E-state index is 0.0784. The lowest BCUT2D eigenvalue weighted by Gasteiger charge is -2.23. The van der Waals surface area contributed by atoms with Gasteiger partial charge in [-0.1, -0.05) is 28.1 Å². The molecule has 1 aliphatic heterocycles. The van der Waals surface area contributed by atoms with Crippen molar-refractivity contribution in [2.45, 2.75) is 13.1 Å². The molecular formula is C16H18BrN5O4. The van der Waals surface area contributed by atoms with Gasteiger partial charge in [-0.3, -0.25) is 14.3 Å². The minimum atomic E-state index is -0.547. The van der Waals surface area contributed by atoms with Crippen molar-refractivity contribution in [2.75, 3.05) is 26.2 Å². The molecule has 0 saturated heterocycles. The number of nitro groups is 1. The van der Waals surface area contributed by atoms with E-state index in [1.54, 1.807) is 4.57 Å². The molecular weight excluding hydrogens is 406 g/mol. The van der Waals surface area contributed by atoms with Gasteiger partial charge in [0.1, 0.15) is 12.8 Å². The number of ether oxygens (including phenoxy) is 1. The van der Waals surface area contributed by atoms with Crippen molar-refractivity contribution in [3.63, 3.8) is 0 Å². The van der Waals surface area contributed by atoms with Crippen molar-refractivity contribution in [1.82, 2.24) is 19.8 Å². The van der Waals surface area contributed by atoms with Gasteiger partial charge in [0.15, 0.2) is 0 Å². The number of fused-ring (bicyclic) bond motifs is 1. The molecule has 26 heavy (non-hydrogen) atoms. The number of benzene rings is 1. The molecule has 2 heterocycles. The van der Waals surface area contributed by atoms with Crippen LogP contribution in [0, 0.1) is 10.1 Å². The molecule has 0 unspecified atom stereocenters. The zero-order chi connectivity index (χ0) is 18.5. The standard InChI is InChI=1S/C16H18BrN5O4/c17-13-3-1-12(2-4-13)9-18-15(23)11-20-5-6-21-10-14(22(24)25)19-16(21)26-8-7-20/h1-4,10H,5-9,11H2,(H,18,23). The van der Waals surface area contributed by atoms with Crippen molar-refractivity contribution >= 4 is 27.7 Å². The SMILES string of the molecule is O=C(CN1CCOc2nc([N+](=O)[O-])cn2CC1)NCc1ccc(Br)cc1. The van der Waals surface area contributed by atoms with E-state index in [0.717, 1.165) is 10.0 Å². The fourth-order valence-electron chi connectivity index (χ4n) is 2.60.